The first-order valence-corrected chi connectivity index (χ1v) is 14.2. The zero-order chi connectivity index (χ0) is 27.1. The van der Waals surface area contributed by atoms with E-state index in [1.807, 2.05) is 30.3 Å². The van der Waals surface area contributed by atoms with Crippen LogP contribution in [0.5, 0.6) is 0 Å². The zero-order valence-corrected chi connectivity index (χ0v) is 22.7. The molecule has 7 heteroatoms. The van der Waals surface area contributed by atoms with Gasteiger partial charge in [0, 0.05) is 30.6 Å². The third-order valence-electron chi connectivity index (χ3n) is 8.47. The Morgan fingerprint density at radius 2 is 1.55 bits per heavy atom. The van der Waals surface area contributed by atoms with E-state index < -0.39 is 11.0 Å². The van der Waals surface area contributed by atoms with E-state index in [0.29, 0.717) is 23.9 Å². The molecule has 0 radical (unpaired) electrons. The van der Waals surface area contributed by atoms with Crippen molar-refractivity contribution in [3.05, 3.63) is 75.8 Å². The standard InChI is InChI=1S/C31H41N3O4/c1-22(2)24-13-15-26(16-14-24)31(36)33(21-23-9-5-3-6-10-23)29(25-17-19-28(20-18-25)34(37)38)30(35)32-27-11-7-4-8-12-27/h3,5-6,9-10,17-20,22,24,26-27,29H,4,7-8,11-16,21H2,1-2H3,(H,32,35). The zero-order valence-electron chi connectivity index (χ0n) is 22.7. The van der Waals surface area contributed by atoms with Crippen molar-refractivity contribution in [3.63, 3.8) is 0 Å². The van der Waals surface area contributed by atoms with Crippen LogP contribution in [0.15, 0.2) is 54.6 Å². The van der Waals surface area contributed by atoms with Gasteiger partial charge in [0.25, 0.3) is 5.69 Å². The van der Waals surface area contributed by atoms with E-state index in [4.69, 9.17) is 0 Å². The monoisotopic (exact) mass is 519 g/mol. The van der Waals surface area contributed by atoms with E-state index in [2.05, 4.69) is 19.2 Å². The topological polar surface area (TPSA) is 92.6 Å². The van der Waals surface area contributed by atoms with Gasteiger partial charge >= 0.3 is 0 Å². The molecule has 7 nitrogen and oxygen atoms in total. The molecule has 2 saturated carbocycles. The third kappa shape index (κ3) is 7.00. The molecular weight excluding hydrogens is 478 g/mol. The molecule has 2 fully saturated rings. The first-order valence-electron chi connectivity index (χ1n) is 14.2. The normalized spacial score (nSPS) is 21.0. The van der Waals surface area contributed by atoms with Gasteiger partial charge in [-0.15, -0.1) is 0 Å². The first kappa shape index (κ1) is 27.8. The molecule has 2 aliphatic rings. The molecule has 38 heavy (non-hydrogen) atoms. The highest BCUT2D eigenvalue weighted by Crippen LogP contribution is 2.36. The summed E-state index contributed by atoms with van der Waals surface area (Å²) in [6, 6.07) is 15.1. The second kappa shape index (κ2) is 13.0. The third-order valence-corrected chi connectivity index (χ3v) is 8.47. The molecule has 2 aromatic rings. The molecule has 4 rings (SSSR count). The molecule has 2 amide bonds. The lowest BCUT2D eigenvalue weighted by Gasteiger charge is -2.38. The quantitative estimate of drug-likeness (QED) is 0.299. The molecule has 0 heterocycles. The number of nitrogens with one attached hydrogen (secondary N) is 1. The average molecular weight is 520 g/mol. The average Bonchev–Trinajstić information content (AvgIpc) is 2.93. The lowest BCUT2D eigenvalue weighted by Crippen LogP contribution is -2.48. The van der Waals surface area contributed by atoms with Crippen molar-refractivity contribution in [2.24, 2.45) is 17.8 Å². The maximum atomic E-state index is 14.2. The van der Waals surface area contributed by atoms with Crippen LogP contribution in [-0.4, -0.2) is 27.7 Å². The van der Waals surface area contributed by atoms with Crippen LogP contribution in [0.3, 0.4) is 0 Å². The van der Waals surface area contributed by atoms with Crippen molar-refractivity contribution in [2.75, 3.05) is 0 Å². The van der Waals surface area contributed by atoms with Gasteiger partial charge in [0.1, 0.15) is 6.04 Å². The summed E-state index contributed by atoms with van der Waals surface area (Å²) < 4.78 is 0. The fraction of sp³-hybridized carbons (Fsp3) is 0.548. The van der Waals surface area contributed by atoms with Crippen LogP contribution in [0, 0.1) is 27.9 Å². The van der Waals surface area contributed by atoms with Crippen molar-refractivity contribution in [1.29, 1.82) is 0 Å². The van der Waals surface area contributed by atoms with E-state index >= 15 is 0 Å². The SMILES string of the molecule is CC(C)C1CCC(C(=O)N(Cc2ccccc2)C(C(=O)NC2CCCCC2)c2ccc([N+](=O)[O-])cc2)CC1. The summed E-state index contributed by atoms with van der Waals surface area (Å²) in [5.41, 5.74) is 1.52. The van der Waals surface area contributed by atoms with Crippen LogP contribution in [0.1, 0.15) is 88.8 Å². The second-order valence-corrected chi connectivity index (χ2v) is 11.4. The van der Waals surface area contributed by atoms with Crippen LogP contribution in [0.2, 0.25) is 0 Å². The van der Waals surface area contributed by atoms with Crippen LogP contribution in [0.25, 0.3) is 0 Å². The predicted octanol–water partition coefficient (Wildman–Crippen LogP) is 6.58. The Labute approximate surface area is 226 Å². The number of nitro benzene ring substituents is 1. The number of hydrogen-bond acceptors (Lipinski definition) is 4. The van der Waals surface area contributed by atoms with Crippen LogP contribution >= 0.6 is 0 Å². The minimum atomic E-state index is -0.853. The van der Waals surface area contributed by atoms with Crippen molar-refractivity contribution in [2.45, 2.75) is 90.3 Å². The minimum absolute atomic E-state index is 0.00166. The molecule has 0 saturated heterocycles. The van der Waals surface area contributed by atoms with Gasteiger partial charge in [0.15, 0.2) is 0 Å². The smallest absolute Gasteiger partial charge is 0.269 e. The van der Waals surface area contributed by atoms with Crippen molar-refractivity contribution < 1.29 is 14.5 Å². The lowest BCUT2D eigenvalue weighted by molar-refractivity contribution is -0.384. The lowest BCUT2D eigenvalue weighted by atomic mass is 9.76. The molecular formula is C31H41N3O4. The Hall–Kier alpha value is -3.22. The Kier molecular flexibility index (Phi) is 9.53. The minimum Gasteiger partial charge on any atom is -0.351 e. The van der Waals surface area contributed by atoms with Gasteiger partial charge in [-0.2, -0.15) is 0 Å². The predicted molar refractivity (Wildman–Crippen MR) is 148 cm³/mol. The summed E-state index contributed by atoms with van der Waals surface area (Å²) in [6.07, 6.45) is 8.89. The summed E-state index contributed by atoms with van der Waals surface area (Å²) in [5, 5.41) is 14.5. The number of carbonyl (C=O) groups is 2. The highest BCUT2D eigenvalue weighted by molar-refractivity contribution is 5.89. The van der Waals surface area contributed by atoms with E-state index in [0.717, 1.165) is 56.9 Å². The summed E-state index contributed by atoms with van der Waals surface area (Å²) in [4.78, 5) is 40.7. The highest BCUT2D eigenvalue weighted by atomic mass is 16.6. The summed E-state index contributed by atoms with van der Waals surface area (Å²) >= 11 is 0. The fourth-order valence-corrected chi connectivity index (χ4v) is 6.12. The Bertz CT molecular complexity index is 1070. The summed E-state index contributed by atoms with van der Waals surface area (Å²) in [5.74, 6) is 0.892. The first-order chi connectivity index (χ1) is 18.3. The van der Waals surface area contributed by atoms with E-state index in [9.17, 15) is 19.7 Å². The molecule has 1 unspecified atom stereocenters. The van der Waals surface area contributed by atoms with Gasteiger partial charge in [0.05, 0.1) is 4.92 Å². The molecule has 0 aliphatic heterocycles. The molecule has 0 bridgehead atoms. The van der Waals surface area contributed by atoms with Gasteiger partial charge in [-0.1, -0.05) is 63.4 Å². The molecule has 2 aliphatic carbocycles. The maximum Gasteiger partial charge on any atom is 0.269 e. The maximum absolute atomic E-state index is 14.2. The number of carbonyl (C=O) groups excluding carboxylic acids is 2. The van der Waals surface area contributed by atoms with Gasteiger partial charge < -0.3 is 10.2 Å². The Morgan fingerprint density at radius 3 is 2.13 bits per heavy atom. The van der Waals surface area contributed by atoms with Crippen LogP contribution in [0.4, 0.5) is 5.69 Å². The fourth-order valence-electron chi connectivity index (χ4n) is 6.12. The Morgan fingerprint density at radius 1 is 0.921 bits per heavy atom. The number of rotatable bonds is 9. The van der Waals surface area contributed by atoms with E-state index in [-0.39, 0.29) is 29.5 Å². The number of benzene rings is 2. The van der Waals surface area contributed by atoms with E-state index in [1.165, 1.54) is 18.6 Å². The summed E-state index contributed by atoms with van der Waals surface area (Å²) in [7, 11) is 0. The number of amides is 2. The highest BCUT2D eigenvalue weighted by Gasteiger charge is 2.37. The molecule has 1 atom stereocenters. The summed E-state index contributed by atoms with van der Waals surface area (Å²) in [6.45, 7) is 4.80. The molecule has 204 valence electrons. The molecule has 2 aromatic carbocycles. The largest absolute Gasteiger partial charge is 0.351 e. The molecule has 0 spiro atoms. The van der Waals surface area contributed by atoms with E-state index in [1.54, 1.807) is 17.0 Å². The van der Waals surface area contributed by atoms with Crippen LogP contribution < -0.4 is 5.32 Å². The van der Waals surface area contributed by atoms with Gasteiger partial charge in [-0.05, 0) is 73.6 Å². The number of nitro groups is 1. The molecule has 0 aromatic heterocycles. The van der Waals surface area contributed by atoms with Crippen molar-refractivity contribution in [3.8, 4) is 0 Å². The second-order valence-electron chi connectivity index (χ2n) is 11.4. The Balaban J connectivity index is 1.67. The van der Waals surface area contributed by atoms with Gasteiger partial charge in [-0.25, -0.2) is 0 Å². The van der Waals surface area contributed by atoms with Crippen LogP contribution in [-0.2, 0) is 16.1 Å². The van der Waals surface area contributed by atoms with Crippen molar-refractivity contribution in [1.82, 2.24) is 10.2 Å². The number of non-ortho nitro benzene ring substituents is 1. The number of hydrogen-bond donors (Lipinski definition) is 1. The number of nitrogens with zero attached hydrogens (tertiary/aromatic N) is 2. The molecule has 1 N–H and O–H groups in total. The van der Waals surface area contributed by atoms with Crippen molar-refractivity contribution >= 4 is 17.5 Å². The van der Waals surface area contributed by atoms with Gasteiger partial charge in [-0.3, -0.25) is 19.7 Å². The van der Waals surface area contributed by atoms with Gasteiger partial charge in [0.2, 0.25) is 11.8 Å².